The van der Waals surface area contributed by atoms with E-state index in [1.807, 2.05) is 12.1 Å². The van der Waals surface area contributed by atoms with Crippen molar-refractivity contribution in [2.45, 2.75) is 64.0 Å². The van der Waals surface area contributed by atoms with E-state index < -0.39 is 5.54 Å². The van der Waals surface area contributed by atoms with E-state index in [1.165, 1.54) is 7.11 Å². The number of nitrogens with one attached hydrogen (secondary N) is 1. The Bertz CT molecular complexity index is 818. The van der Waals surface area contributed by atoms with Gasteiger partial charge in [-0.3, -0.25) is 4.79 Å². The van der Waals surface area contributed by atoms with Crippen LogP contribution in [0.5, 0.6) is 0 Å². The van der Waals surface area contributed by atoms with Gasteiger partial charge in [0.25, 0.3) is 5.91 Å². The Morgan fingerprint density at radius 2 is 1.79 bits per heavy atom. The molecule has 1 aliphatic carbocycles. The number of methoxy groups -OCH3 is 2. The fourth-order valence-corrected chi connectivity index (χ4v) is 4.80. The van der Waals surface area contributed by atoms with Crippen molar-refractivity contribution in [3.8, 4) is 0 Å². The molecule has 158 valence electrons. The number of thiocarbonyl (C=S) groups is 1. The van der Waals surface area contributed by atoms with E-state index in [4.69, 9.17) is 38.0 Å². The van der Waals surface area contributed by atoms with Crippen molar-refractivity contribution in [1.82, 2.24) is 5.32 Å². The normalized spacial score (nSPS) is 24.0. The zero-order chi connectivity index (χ0) is 21.2. The molecule has 3 rings (SSSR count). The summed E-state index contributed by atoms with van der Waals surface area (Å²) in [6, 6.07) is 3.85. The number of benzene rings is 1. The van der Waals surface area contributed by atoms with Crippen LogP contribution in [-0.4, -0.2) is 37.0 Å². The number of aryl methyl sites for hydroxylation is 2. The summed E-state index contributed by atoms with van der Waals surface area (Å²) in [5, 5.41) is 3.90. The molecule has 2 aliphatic rings. The van der Waals surface area contributed by atoms with Gasteiger partial charge in [-0.2, -0.15) is 0 Å². The van der Waals surface area contributed by atoms with E-state index in [0.29, 0.717) is 16.4 Å². The smallest absolute Gasteiger partial charge is 0.357 e. The molecular weight excluding hydrogens is 410 g/mol. The molecule has 1 aromatic rings. The van der Waals surface area contributed by atoms with E-state index in [2.05, 4.69) is 19.2 Å². The zero-order valence-corrected chi connectivity index (χ0v) is 19.0. The van der Waals surface area contributed by atoms with Crippen LogP contribution in [0.3, 0.4) is 0 Å². The van der Waals surface area contributed by atoms with Gasteiger partial charge in [0.1, 0.15) is 5.76 Å². The molecule has 0 saturated heterocycles. The lowest BCUT2D eigenvalue weighted by molar-refractivity contribution is -0.116. The fourth-order valence-electron chi connectivity index (χ4n) is 4.46. The number of amides is 1. The zero-order valence-electron chi connectivity index (χ0n) is 17.4. The van der Waals surface area contributed by atoms with Gasteiger partial charge in [-0.15, -0.1) is 0 Å². The average molecular weight is 438 g/mol. The molecular formula is C22H28ClNO4S. The molecule has 1 aliphatic heterocycles. The van der Waals surface area contributed by atoms with Gasteiger partial charge in [0.15, 0.2) is 0 Å². The molecule has 29 heavy (non-hydrogen) atoms. The molecule has 0 radical (unpaired) electrons. The number of hydrogen-bond donors (Lipinski definition) is 1. The highest BCUT2D eigenvalue weighted by atomic mass is 35.5. The van der Waals surface area contributed by atoms with Crippen LogP contribution in [0.2, 0.25) is 5.02 Å². The second kappa shape index (κ2) is 9.02. The molecule has 0 atom stereocenters. The topological polar surface area (TPSA) is 56.8 Å². The van der Waals surface area contributed by atoms with Gasteiger partial charge < -0.3 is 19.5 Å². The Labute approximate surface area is 182 Å². The Morgan fingerprint density at radius 3 is 2.28 bits per heavy atom. The van der Waals surface area contributed by atoms with Crippen molar-refractivity contribution in [2.75, 3.05) is 14.2 Å². The van der Waals surface area contributed by atoms with Crippen LogP contribution < -0.4 is 5.32 Å². The highest BCUT2D eigenvalue weighted by Crippen LogP contribution is 2.45. The van der Waals surface area contributed by atoms with Crippen molar-refractivity contribution >= 4 is 40.5 Å². The van der Waals surface area contributed by atoms with E-state index in [-0.39, 0.29) is 17.2 Å². The lowest BCUT2D eigenvalue weighted by atomic mass is 9.78. The Morgan fingerprint density at radius 1 is 1.21 bits per heavy atom. The molecule has 0 unspecified atom stereocenters. The maximum absolute atomic E-state index is 13.3. The number of rotatable bonds is 5. The standard InChI is InChI=1S/C22H28ClNO4S/c1-5-13-11-15(23)12-14(6-2)17(13)18-19(28-21(29)27-4)22(24-20(18)25)9-7-16(26-3)8-10-22/h11-12,16H,5-10H2,1-4H3,(H,24,25)/t16-,22+. The lowest BCUT2D eigenvalue weighted by Crippen LogP contribution is -2.49. The predicted octanol–water partition coefficient (Wildman–Crippen LogP) is 4.58. The number of halogens is 1. The molecule has 7 heteroatoms. The highest BCUT2D eigenvalue weighted by molar-refractivity contribution is 7.79. The van der Waals surface area contributed by atoms with Gasteiger partial charge in [-0.05, 0) is 67.3 Å². The minimum absolute atomic E-state index is 0.00676. The quantitative estimate of drug-likeness (QED) is 0.683. The summed E-state index contributed by atoms with van der Waals surface area (Å²) in [6.07, 6.45) is 4.79. The van der Waals surface area contributed by atoms with Crippen LogP contribution in [0.15, 0.2) is 17.9 Å². The van der Waals surface area contributed by atoms with Crippen molar-refractivity contribution in [2.24, 2.45) is 0 Å². The SMILES string of the molecule is CCc1cc(Cl)cc(CC)c1C1=C(OC(=S)OC)[C@]2(CC[C@H](OC)CC2)NC1=O. The summed E-state index contributed by atoms with van der Waals surface area (Å²) >= 11 is 11.5. The minimum atomic E-state index is -0.598. The van der Waals surface area contributed by atoms with Crippen LogP contribution in [0.1, 0.15) is 56.2 Å². The fraction of sp³-hybridized carbons (Fsp3) is 0.545. The van der Waals surface area contributed by atoms with Crippen molar-refractivity contribution in [3.05, 3.63) is 39.6 Å². The van der Waals surface area contributed by atoms with E-state index in [1.54, 1.807) is 7.11 Å². The molecule has 0 bridgehead atoms. The Kier molecular flexibility index (Phi) is 6.87. The van der Waals surface area contributed by atoms with Gasteiger partial charge in [0, 0.05) is 24.4 Å². The van der Waals surface area contributed by atoms with Crippen LogP contribution >= 0.6 is 23.8 Å². The highest BCUT2D eigenvalue weighted by Gasteiger charge is 2.50. The van der Waals surface area contributed by atoms with E-state index >= 15 is 0 Å². The van der Waals surface area contributed by atoms with Crippen LogP contribution in [0, 0.1) is 0 Å². The van der Waals surface area contributed by atoms with Crippen molar-refractivity contribution in [3.63, 3.8) is 0 Å². The third-order valence-corrected chi connectivity index (χ3v) is 6.46. The summed E-state index contributed by atoms with van der Waals surface area (Å²) in [6.45, 7) is 4.11. The van der Waals surface area contributed by atoms with Crippen LogP contribution in [-0.2, 0) is 31.8 Å². The van der Waals surface area contributed by atoms with Gasteiger partial charge in [0.2, 0.25) is 0 Å². The lowest BCUT2D eigenvalue weighted by Gasteiger charge is -2.37. The van der Waals surface area contributed by atoms with Crippen molar-refractivity contribution in [1.29, 1.82) is 0 Å². The predicted molar refractivity (Wildman–Crippen MR) is 118 cm³/mol. The maximum atomic E-state index is 13.3. The number of hydrogen-bond acceptors (Lipinski definition) is 5. The molecule has 1 saturated carbocycles. The second-order valence-corrected chi connectivity index (χ2v) is 8.31. The second-order valence-electron chi connectivity index (χ2n) is 7.54. The van der Waals surface area contributed by atoms with Gasteiger partial charge in [-0.1, -0.05) is 25.4 Å². The molecule has 0 aromatic heterocycles. The van der Waals surface area contributed by atoms with Gasteiger partial charge >= 0.3 is 5.24 Å². The van der Waals surface area contributed by atoms with Gasteiger partial charge in [-0.25, -0.2) is 0 Å². The monoisotopic (exact) mass is 437 g/mol. The summed E-state index contributed by atoms with van der Waals surface area (Å²) < 4.78 is 16.7. The first kappa shape index (κ1) is 22.1. The third kappa shape index (κ3) is 4.16. The largest absolute Gasteiger partial charge is 0.460 e. The molecule has 1 heterocycles. The summed E-state index contributed by atoms with van der Waals surface area (Å²) in [4.78, 5) is 13.3. The maximum Gasteiger partial charge on any atom is 0.357 e. The van der Waals surface area contributed by atoms with E-state index in [9.17, 15) is 4.79 Å². The Balaban J connectivity index is 2.20. The first-order chi connectivity index (χ1) is 13.9. The molecule has 5 nitrogen and oxygen atoms in total. The molecule has 1 fully saturated rings. The minimum Gasteiger partial charge on any atom is -0.460 e. The molecule has 1 aromatic carbocycles. The third-order valence-electron chi connectivity index (χ3n) is 5.99. The number of carbonyl (C=O) groups is 1. The van der Waals surface area contributed by atoms with Crippen molar-refractivity contribution < 1.29 is 19.0 Å². The van der Waals surface area contributed by atoms with E-state index in [0.717, 1.165) is 55.2 Å². The summed E-state index contributed by atoms with van der Waals surface area (Å²) in [5.74, 6) is 0.428. The Hall–Kier alpha value is -1.63. The first-order valence-corrected chi connectivity index (χ1v) is 10.8. The first-order valence-electron chi connectivity index (χ1n) is 10.1. The molecule has 1 N–H and O–H groups in total. The van der Waals surface area contributed by atoms with Crippen LogP contribution in [0.4, 0.5) is 0 Å². The summed E-state index contributed by atoms with van der Waals surface area (Å²) in [7, 11) is 3.20. The average Bonchev–Trinajstić information content (AvgIpc) is 2.98. The molecule has 1 spiro atoms. The number of ether oxygens (including phenoxy) is 3. The summed E-state index contributed by atoms with van der Waals surface area (Å²) in [5.41, 5.74) is 2.89. The number of carbonyl (C=O) groups excluding carboxylic acids is 1. The molecule has 1 amide bonds. The van der Waals surface area contributed by atoms with Crippen LogP contribution in [0.25, 0.3) is 5.57 Å². The van der Waals surface area contributed by atoms with Gasteiger partial charge in [0.05, 0.1) is 24.3 Å².